The lowest BCUT2D eigenvalue weighted by Gasteiger charge is -2.21. The van der Waals surface area contributed by atoms with Gasteiger partial charge < -0.3 is 39.3 Å². The minimum absolute atomic E-state index is 0.0184. The van der Waals surface area contributed by atoms with Gasteiger partial charge in [-0.25, -0.2) is 15.0 Å². The van der Waals surface area contributed by atoms with E-state index in [0.29, 0.717) is 22.8 Å². The smallest absolute Gasteiger partial charge is 0.278 e. The van der Waals surface area contributed by atoms with Gasteiger partial charge in [-0.2, -0.15) is 5.10 Å². The molecule has 0 saturated carbocycles. The third kappa shape index (κ3) is 4.27. The molecule has 2 aromatic heterocycles. The van der Waals surface area contributed by atoms with Crippen LogP contribution in [0.5, 0.6) is 17.2 Å². The Balaban J connectivity index is 1.76. The van der Waals surface area contributed by atoms with E-state index in [1.807, 2.05) is 0 Å². The Morgan fingerprint density at radius 1 is 1.20 bits per heavy atom. The van der Waals surface area contributed by atoms with Gasteiger partial charge in [-0.1, -0.05) is 0 Å². The highest BCUT2D eigenvalue weighted by Gasteiger charge is 2.45. The van der Waals surface area contributed by atoms with Crippen molar-refractivity contribution < 1.29 is 34.3 Å². The Kier molecular flexibility index (Phi) is 6.88. The summed E-state index contributed by atoms with van der Waals surface area (Å²) < 4.78 is 23.1. The summed E-state index contributed by atoms with van der Waals surface area (Å²) in [6.45, 7) is -0.514. The van der Waals surface area contributed by atoms with Crippen LogP contribution in [-0.4, -0.2) is 94.3 Å². The molecule has 1 aromatic carbocycles. The average Bonchev–Trinajstić information content (AvgIpc) is 3.39. The lowest BCUT2D eigenvalue weighted by Crippen LogP contribution is -2.33. The summed E-state index contributed by atoms with van der Waals surface area (Å²) in [5.41, 5.74) is 0.185. The lowest BCUT2D eigenvalue weighted by molar-refractivity contribution is -0.0504. The van der Waals surface area contributed by atoms with E-state index in [2.05, 4.69) is 20.1 Å². The second-order valence-corrected chi connectivity index (χ2v) is 7.64. The van der Waals surface area contributed by atoms with Gasteiger partial charge >= 0.3 is 0 Å². The minimum atomic E-state index is -1.42. The molecule has 0 radical (unpaired) electrons. The zero-order valence-corrected chi connectivity index (χ0v) is 19.4. The van der Waals surface area contributed by atoms with Crippen LogP contribution in [0.3, 0.4) is 0 Å². The Hall–Kier alpha value is -3.72. The number of rotatable bonds is 8. The number of nitrogens with one attached hydrogen (secondary N) is 1. The van der Waals surface area contributed by atoms with Crippen molar-refractivity contribution in [2.45, 2.75) is 24.5 Å². The third-order valence-corrected chi connectivity index (χ3v) is 5.59. The summed E-state index contributed by atoms with van der Waals surface area (Å²) in [5, 5.41) is 36.1. The number of anilines is 1. The standard InChI is InChI=1S/C21H26N6O8/c1-26(24-7-10-5-11(32-2)17(34-4)12(6-10)33-3)21-25-14-18(22-9-23-19(14)31)27(21)20-16(30)15(29)13(8-28)35-20/h5-7,9,13,15-16,20,28-30H,8H2,1-4H3,(H,22,23,31)/b24-7+. The molecule has 1 saturated heterocycles. The van der Waals surface area contributed by atoms with Gasteiger partial charge in [-0.3, -0.25) is 9.36 Å². The fraction of sp³-hybridized carbons (Fsp3) is 0.429. The van der Waals surface area contributed by atoms with Crippen molar-refractivity contribution in [3.05, 3.63) is 34.4 Å². The topological polar surface area (TPSA) is 177 Å². The number of imidazole rings is 1. The number of benzene rings is 1. The van der Waals surface area contributed by atoms with Crippen molar-refractivity contribution in [2.24, 2.45) is 5.10 Å². The van der Waals surface area contributed by atoms with Crippen molar-refractivity contribution >= 4 is 23.3 Å². The quantitative estimate of drug-likeness (QED) is 0.230. The maximum atomic E-state index is 12.4. The van der Waals surface area contributed by atoms with Gasteiger partial charge in [0.05, 0.1) is 40.5 Å². The Morgan fingerprint density at radius 2 is 1.89 bits per heavy atom. The zero-order chi connectivity index (χ0) is 25.3. The monoisotopic (exact) mass is 490 g/mol. The first-order valence-corrected chi connectivity index (χ1v) is 10.5. The number of ether oxygens (including phenoxy) is 4. The van der Waals surface area contributed by atoms with Gasteiger partial charge in [-0.05, 0) is 12.1 Å². The number of aromatic amines is 1. The highest BCUT2D eigenvalue weighted by Crippen LogP contribution is 2.38. The molecule has 3 heterocycles. The van der Waals surface area contributed by atoms with E-state index >= 15 is 0 Å². The number of aromatic nitrogens is 4. The van der Waals surface area contributed by atoms with Crippen LogP contribution in [-0.2, 0) is 4.74 Å². The molecule has 0 aliphatic carbocycles. The molecule has 188 valence electrons. The Bertz CT molecular complexity index is 1270. The van der Waals surface area contributed by atoms with E-state index in [1.165, 1.54) is 43.4 Å². The van der Waals surface area contributed by atoms with Gasteiger partial charge in [0.2, 0.25) is 11.7 Å². The minimum Gasteiger partial charge on any atom is -0.493 e. The van der Waals surface area contributed by atoms with Crippen LogP contribution in [0.2, 0.25) is 0 Å². The molecule has 4 N–H and O–H groups in total. The molecule has 4 rings (SSSR count). The highest BCUT2D eigenvalue weighted by molar-refractivity contribution is 5.83. The van der Waals surface area contributed by atoms with Crippen molar-refractivity contribution in [1.82, 2.24) is 19.5 Å². The molecule has 0 amide bonds. The summed E-state index contributed by atoms with van der Waals surface area (Å²) in [6.07, 6.45) is -2.30. The second-order valence-electron chi connectivity index (χ2n) is 7.64. The average molecular weight is 490 g/mol. The number of hydrogen-bond acceptors (Lipinski definition) is 12. The molecule has 1 aliphatic heterocycles. The maximum absolute atomic E-state index is 12.4. The molecule has 1 aliphatic rings. The van der Waals surface area contributed by atoms with Gasteiger partial charge in [0.25, 0.3) is 5.56 Å². The van der Waals surface area contributed by atoms with Crippen molar-refractivity contribution in [1.29, 1.82) is 0 Å². The predicted molar refractivity (Wildman–Crippen MR) is 123 cm³/mol. The Morgan fingerprint density at radius 3 is 2.46 bits per heavy atom. The summed E-state index contributed by atoms with van der Waals surface area (Å²) >= 11 is 0. The molecule has 4 unspecified atom stereocenters. The van der Waals surface area contributed by atoms with Crippen molar-refractivity contribution in [2.75, 3.05) is 40.0 Å². The fourth-order valence-electron chi connectivity index (χ4n) is 3.85. The largest absolute Gasteiger partial charge is 0.493 e. The fourth-order valence-corrected chi connectivity index (χ4v) is 3.85. The predicted octanol–water partition coefficient (Wildman–Crippen LogP) is -0.773. The van der Waals surface area contributed by atoms with E-state index in [-0.39, 0.29) is 17.1 Å². The molecule has 0 spiro atoms. The van der Waals surface area contributed by atoms with Gasteiger partial charge in [0.1, 0.15) is 18.3 Å². The van der Waals surface area contributed by atoms with Crippen LogP contribution in [0, 0.1) is 0 Å². The van der Waals surface area contributed by atoms with Crippen LogP contribution in [0.25, 0.3) is 11.2 Å². The van der Waals surface area contributed by atoms with E-state index in [0.717, 1.165) is 0 Å². The summed E-state index contributed by atoms with van der Waals surface area (Å²) in [6, 6.07) is 3.39. The third-order valence-electron chi connectivity index (χ3n) is 5.59. The first-order chi connectivity index (χ1) is 16.8. The van der Waals surface area contributed by atoms with Crippen LogP contribution < -0.4 is 24.8 Å². The number of aliphatic hydroxyl groups excluding tert-OH is 3. The van der Waals surface area contributed by atoms with E-state index in [9.17, 15) is 20.1 Å². The summed E-state index contributed by atoms with van der Waals surface area (Å²) in [7, 11) is 6.07. The molecule has 14 heteroatoms. The van der Waals surface area contributed by atoms with E-state index < -0.39 is 36.7 Å². The number of aliphatic hydroxyl groups is 3. The molecular formula is C21H26N6O8. The number of hydrazone groups is 1. The second kappa shape index (κ2) is 9.87. The summed E-state index contributed by atoms with van der Waals surface area (Å²) in [4.78, 5) is 23.3. The number of hydrogen-bond donors (Lipinski definition) is 4. The first-order valence-electron chi connectivity index (χ1n) is 10.5. The molecule has 0 bridgehead atoms. The number of H-pyrrole nitrogens is 1. The number of methoxy groups -OCH3 is 3. The van der Waals surface area contributed by atoms with Gasteiger partial charge in [-0.15, -0.1) is 0 Å². The molecular weight excluding hydrogens is 464 g/mol. The van der Waals surface area contributed by atoms with Crippen LogP contribution in [0.4, 0.5) is 5.95 Å². The number of fused-ring (bicyclic) bond motifs is 1. The van der Waals surface area contributed by atoms with Crippen molar-refractivity contribution in [3.63, 3.8) is 0 Å². The molecule has 3 aromatic rings. The molecule has 35 heavy (non-hydrogen) atoms. The zero-order valence-electron chi connectivity index (χ0n) is 19.4. The van der Waals surface area contributed by atoms with E-state index in [1.54, 1.807) is 19.2 Å². The van der Waals surface area contributed by atoms with Crippen molar-refractivity contribution in [3.8, 4) is 17.2 Å². The summed E-state index contributed by atoms with van der Waals surface area (Å²) in [5.74, 6) is 1.40. The SMILES string of the molecule is COc1cc(/C=N/N(C)c2nc3c(=O)[nH]cnc3n2C2OC(CO)C(O)C2O)cc(OC)c1OC. The van der Waals surface area contributed by atoms with Crippen LogP contribution in [0.15, 0.2) is 28.4 Å². The molecule has 14 nitrogen and oxygen atoms in total. The molecule has 4 atom stereocenters. The van der Waals surface area contributed by atoms with Gasteiger partial charge in [0.15, 0.2) is 28.9 Å². The van der Waals surface area contributed by atoms with Gasteiger partial charge in [0, 0.05) is 12.6 Å². The lowest BCUT2D eigenvalue weighted by atomic mass is 10.1. The first kappa shape index (κ1) is 24.4. The number of nitrogens with zero attached hydrogens (tertiary/aromatic N) is 5. The van der Waals surface area contributed by atoms with Crippen LogP contribution >= 0.6 is 0 Å². The highest BCUT2D eigenvalue weighted by atomic mass is 16.6. The normalized spacial score (nSPS) is 22.1. The van der Waals surface area contributed by atoms with Crippen LogP contribution in [0.1, 0.15) is 11.8 Å². The maximum Gasteiger partial charge on any atom is 0.278 e. The molecule has 1 fully saturated rings. The Labute approximate surface area is 199 Å². The van der Waals surface area contributed by atoms with E-state index in [4.69, 9.17) is 18.9 Å².